The Hall–Kier alpha value is -0.870. The summed E-state index contributed by atoms with van der Waals surface area (Å²) in [6, 6.07) is 8.92. The van der Waals surface area contributed by atoms with Crippen molar-refractivity contribution >= 4 is 27.3 Å². The molecule has 0 aliphatic heterocycles. The molecule has 0 saturated heterocycles. The van der Waals surface area contributed by atoms with Crippen LogP contribution in [-0.4, -0.2) is 0 Å². The summed E-state index contributed by atoms with van der Waals surface area (Å²) in [6.45, 7) is 0.419. The quantitative estimate of drug-likeness (QED) is 0.762. The van der Waals surface area contributed by atoms with E-state index < -0.39 is 0 Å². The molecule has 2 rings (SSSR count). The zero-order valence-corrected chi connectivity index (χ0v) is 10.9. The van der Waals surface area contributed by atoms with E-state index in [0.29, 0.717) is 17.7 Å². The second kappa shape index (κ2) is 5.46. The van der Waals surface area contributed by atoms with Crippen molar-refractivity contribution in [1.29, 1.82) is 0 Å². The fourth-order valence-electron chi connectivity index (χ4n) is 1.29. The molecular weight excluding hydrogens is 291 g/mol. The van der Waals surface area contributed by atoms with Crippen LogP contribution in [0.1, 0.15) is 10.4 Å². The van der Waals surface area contributed by atoms with Gasteiger partial charge in [0.05, 0.1) is 0 Å². The van der Waals surface area contributed by atoms with Crippen LogP contribution >= 0.6 is 27.3 Å². The molecule has 0 aliphatic rings. The second-order valence-corrected chi connectivity index (χ2v) is 4.86. The molecule has 0 amide bonds. The number of ether oxygens (including phenoxy) is 1. The highest BCUT2D eigenvalue weighted by Crippen LogP contribution is 2.21. The van der Waals surface area contributed by atoms with Crippen molar-refractivity contribution < 1.29 is 9.13 Å². The molecule has 1 aromatic carbocycles. The molecular formula is C12H10BrFOS. The molecule has 0 atom stereocenters. The van der Waals surface area contributed by atoms with Crippen molar-refractivity contribution in [2.24, 2.45) is 0 Å². The zero-order valence-electron chi connectivity index (χ0n) is 8.45. The minimum Gasteiger partial charge on any atom is -0.485 e. The molecule has 1 nitrogen and oxygen atoms in total. The van der Waals surface area contributed by atoms with E-state index in [1.807, 2.05) is 23.6 Å². The van der Waals surface area contributed by atoms with Crippen molar-refractivity contribution in [2.45, 2.75) is 11.9 Å². The van der Waals surface area contributed by atoms with Crippen LogP contribution in [0.3, 0.4) is 0 Å². The number of thiophene rings is 1. The van der Waals surface area contributed by atoms with Gasteiger partial charge in [-0.1, -0.05) is 28.1 Å². The number of benzene rings is 1. The molecule has 0 N–H and O–H groups in total. The Bertz CT molecular complexity index is 456. The first-order chi connectivity index (χ1) is 7.79. The van der Waals surface area contributed by atoms with Gasteiger partial charge < -0.3 is 4.74 Å². The molecule has 16 heavy (non-hydrogen) atoms. The van der Waals surface area contributed by atoms with E-state index in [1.54, 1.807) is 17.4 Å². The van der Waals surface area contributed by atoms with Crippen LogP contribution in [0.5, 0.6) is 5.75 Å². The average Bonchev–Trinajstić information content (AvgIpc) is 2.80. The lowest BCUT2D eigenvalue weighted by Crippen LogP contribution is -1.96. The van der Waals surface area contributed by atoms with Crippen molar-refractivity contribution in [3.05, 3.63) is 52.0 Å². The Morgan fingerprint density at radius 1 is 1.31 bits per heavy atom. The van der Waals surface area contributed by atoms with Gasteiger partial charge in [-0.05, 0) is 29.1 Å². The largest absolute Gasteiger partial charge is 0.485 e. The highest BCUT2D eigenvalue weighted by Gasteiger charge is 2.04. The van der Waals surface area contributed by atoms with Crippen LogP contribution in [-0.2, 0) is 11.9 Å². The third-order valence-corrected chi connectivity index (χ3v) is 3.60. The topological polar surface area (TPSA) is 9.23 Å². The molecule has 0 unspecified atom stereocenters. The first-order valence-corrected chi connectivity index (χ1v) is 6.79. The first kappa shape index (κ1) is 11.6. The summed E-state index contributed by atoms with van der Waals surface area (Å²) in [6.07, 6.45) is 0. The fourth-order valence-corrected chi connectivity index (χ4v) is 2.25. The third-order valence-electron chi connectivity index (χ3n) is 2.10. The molecule has 0 saturated carbocycles. The Balaban J connectivity index is 2.04. The monoisotopic (exact) mass is 300 g/mol. The first-order valence-electron chi connectivity index (χ1n) is 4.79. The molecule has 0 bridgehead atoms. The van der Waals surface area contributed by atoms with Gasteiger partial charge in [0.15, 0.2) is 11.6 Å². The summed E-state index contributed by atoms with van der Waals surface area (Å²) in [7, 11) is 0. The molecule has 84 valence electrons. The number of halogens is 2. The van der Waals surface area contributed by atoms with Gasteiger partial charge in [0, 0.05) is 10.2 Å². The molecule has 4 heteroatoms. The molecule has 1 heterocycles. The van der Waals surface area contributed by atoms with E-state index in [0.717, 1.165) is 10.4 Å². The lowest BCUT2D eigenvalue weighted by molar-refractivity contribution is 0.293. The minimum absolute atomic E-state index is 0.304. The summed E-state index contributed by atoms with van der Waals surface area (Å²) < 4.78 is 18.9. The van der Waals surface area contributed by atoms with Crippen LogP contribution in [0, 0.1) is 5.82 Å². The lowest BCUT2D eigenvalue weighted by Gasteiger charge is -2.06. The fraction of sp³-hybridized carbons (Fsp3) is 0.167. The maximum Gasteiger partial charge on any atom is 0.165 e. The molecule has 0 aliphatic carbocycles. The molecule has 0 radical (unpaired) electrons. The van der Waals surface area contributed by atoms with E-state index in [-0.39, 0.29) is 5.82 Å². The van der Waals surface area contributed by atoms with Crippen molar-refractivity contribution in [1.82, 2.24) is 0 Å². The van der Waals surface area contributed by atoms with Gasteiger partial charge >= 0.3 is 0 Å². The normalized spacial score (nSPS) is 10.4. The van der Waals surface area contributed by atoms with Gasteiger partial charge in [-0.2, -0.15) is 0 Å². The van der Waals surface area contributed by atoms with Crippen LogP contribution in [0.25, 0.3) is 0 Å². The summed E-state index contributed by atoms with van der Waals surface area (Å²) >= 11 is 4.88. The maximum atomic E-state index is 13.5. The van der Waals surface area contributed by atoms with E-state index in [2.05, 4.69) is 15.9 Å². The SMILES string of the molecule is Fc1cc(CBr)ccc1OCc1cccs1. The summed E-state index contributed by atoms with van der Waals surface area (Å²) in [5.41, 5.74) is 0.904. The van der Waals surface area contributed by atoms with Crippen LogP contribution in [0.2, 0.25) is 0 Å². The highest BCUT2D eigenvalue weighted by molar-refractivity contribution is 9.08. The van der Waals surface area contributed by atoms with E-state index in [1.165, 1.54) is 6.07 Å². The second-order valence-electron chi connectivity index (χ2n) is 3.27. The minimum atomic E-state index is -0.312. The molecule has 0 fully saturated rings. The van der Waals surface area contributed by atoms with Crippen molar-refractivity contribution in [3.63, 3.8) is 0 Å². The molecule has 1 aromatic heterocycles. The van der Waals surface area contributed by atoms with Gasteiger partial charge in [-0.3, -0.25) is 0 Å². The summed E-state index contributed by atoms with van der Waals surface area (Å²) in [5, 5.41) is 2.62. The number of rotatable bonds is 4. The van der Waals surface area contributed by atoms with Crippen molar-refractivity contribution in [3.8, 4) is 5.75 Å². The zero-order chi connectivity index (χ0) is 11.4. The highest BCUT2D eigenvalue weighted by atomic mass is 79.9. The van der Waals surface area contributed by atoms with E-state index in [4.69, 9.17) is 4.74 Å². The van der Waals surface area contributed by atoms with Gasteiger partial charge in [-0.25, -0.2) is 4.39 Å². The predicted molar refractivity (Wildman–Crippen MR) is 67.7 cm³/mol. The van der Waals surface area contributed by atoms with Crippen LogP contribution in [0.15, 0.2) is 35.7 Å². The molecule has 2 aromatic rings. The van der Waals surface area contributed by atoms with Crippen molar-refractivity contribution in [2.75, 3.05) is 0 Å². The number of alkyl halides is 1. The Morgan fingerprint density at radius 2 is 2.19 bits per heavy atom. The Labute approximate surface area is 106 Å². The van der Waals surface area contributed by atoms with Gasteiger partial charge in [0.25, 0.3) is 0 Å². The maximum absolute atomic E-state index is 13.5. The van der Waals surface area contributed by atoms with E-state index >= 15 is 0 Å². The van der Waals surface area contributed by atoms with E-state index in [9.17, 15) is 4.39 Å². The Kier molecular flexibility index (Phi) is 3.96. The van der Waals surface area contributed by atoms with Crippen LogP contribution < -0.4 is 4.74 Å². The predicted octanol–water partition coefficient (Wildman–Crippen LogP) is 4.36. The third kappa shape index (κ3) is 2.83. The Morgan fingerprint density at radius 3 is 2.81 bits per heavy atom. The lowest BCUT2D eigenvalue weighted by atomic mass is 10.2. The summed E-state index contributed by atoms with van der Waals surface area (Å²) in [4.78, 5) is 1.09. The smallest absolute Gasteiger partial charge is 0.165 e. The van der Waals surface area contributed by atoms with Gasteiger partial charge in [-0.15, -0.1) is 11.3 Å². The summed E-state index contributed by atoms with van der Waals surface area (Å²) in [5.74, 6) is -0.00777. The number of hydrogen-bond acceptors (Lipinski definition) is 2. The molecule has 0 spiro atoms. The number of hydrogen-bond donors (Lipinski definition) is 0. The van der Waals surface area contributed by atoms with Gasteiger partial charge in [0.2, 0.25) is 0 Å². The average molecular weight is 301 g/mol. The van der Waals surface area contributed by atoms with Crippen LogP contribution in [0.4, 0.5) is 4.39 Å². The standard InChI is InChI=1S/C12H10BrFOS/c13-7-9-3-4-12(11(14)6-9)15-8-10-2-1-5-16-10/h1-6H,7-8H2. The van der Waals surface area contributed by atoms with Gasteiger partial charge in [0.1, 0.15) is 6.61 Å².